The Balaban J connectivity index is 1.72. The van der Waals surface area contributed by atoms with Crippen LogP contribution in [0.3, 0.4) is 0 Å². The summed E-state index contributed by atoms with van der Waals surface area (Å²) in [4.78, 5) is 28.2. The largest absolute Gasteiger partial charge is 0.496 e. The van der Waals surface area contributed by atoms with E-state index in [1.807, 2.05) is 36.4 Å². The minimum atomic E-state index is -0.399. The van der Waals surface area contributed by atoms with Crippen molar-refractivity contribution in [3.63, 3.8) is 0 Å². The third-order valence-corrected chi connectivity index (χ3v) is 5.73. The number of carbonyl (C=O) groups is 2. The van der Waals surface area contributed by atoms with Gasteiger partial charge in [0.2, 0.25) is 0 Å². The molecule has 0 radical (unpaired) electrons. The van der Waals surface area contributed by atoms with E-state index in [-0.39, 0.29) is 23.7 Å². The fraction of sp³-hybridized carbons (Fsp3) is 0.154. The summed E-state index contributed by atoms with van der Waals surface area (Å²) in [6.07, 6.45) is 0.555. The van der Waals surface area contributed by atoms with Gasteiger partial charge in [0.25, 0.3) is 11.8 Å². The number of hydrogen-bond acceptors (Lipinski definition) is 5. The molecule has 0 saturated carbocycles. The predicted octanol–water partition coefficient (Wildman–Crippen LogP) is 4.79. The summed E-state index contributed by atoms with van der Waals surface area (Å²) in [7, 11) is 3.06. The van der Waals surface area contributed by atoms with Crippen LogP contribution in [0.5, 0.6) is 11.5 Å². The third-order valence-electron chi connectivity index (χ3n) is 5.43. The van der Waals surface area contributed by atoms with E-state index < -0.39 is 5.91 Å². The van der Waals surface area contributed by atoms with E-state index in [4.69, 9.17) is 21.1 Å². The number of nitrogens with one attached hydrogen (secondary N) is 1. The highest BCUT2D eigenvalue weighted by atomic mass is 35.5. The molecule has 3 aromatic rings. The number of para-hydroxylation sites is 1. The molecule has 33 heavy (non-hydrogen) atoms. The first-order valence-electron chi connectivity index (χ1n) is 10.4. The summed E-state index contributed by atoms with van der Waals surface area (Å²) in [6, 6.07) is 22.0. The summed E-state index contributed by atoms with van der Waals surface area (Å²) in [5, 5.41) is 3.50. The minimum absolute atomic E-state index is 0.179. The van der Waals surface area contributed by atoms with Gasteiger partial charge >= 0.3 is 0 Å². The Hall–Kier alpha value is -3.77. The maximum Gasteiger partial charge on any atom is 0.278 e. The molecule has 0 spiro atoms. The van der Waals surface area contributed by atoms with Crippen LogP contribution >= 0.6 is 11.6 Å². The standard InChI is InChI=1S/C26H23ClN2O4/c1-32-21-11-7-6-10-19(21)23-24(28-18-12-13-22(33-2)20(27)16-18)26(31)29(25(23)30)15-14-17-8-4-3-5-9-17/h3-13,16,28H,14-15H2,1-2H3. The number of ether oxygens (including phenoxy) is 2. The number of methoxy groups -OCH3 is 2. The van der Waals surface area contributed by atoms with Crippen molar-refractivity contribution >= 4 is 34.7 Å². The van der Waals surface area contributed by atoms with Crippen LogP contribution < -0.4 is 14.8 Å². The molecule has 2 amide bonds. The molecule has 0 bridgehead atoms. The Morgan fingerprint density at radius 2 is 1.55 bits per heavy atom. The van der Waals surface area contributed by atoms with Gasteiger partial charge in [-0.25, -0.2) is 0 Å². The Bertz CT molecular complexity index is 1220. The second-order valence-corrected chi connectivity index (χ2v) is 7.83. The van der Waals surface area contributed by atoms with E-state index in [0.29, 0.717) is 34.2 Å². The summed E-state index contributed by atoms with van der Waals surface area (Å²) in [6.45, 7) is 0.259. The summed E-state index contributed by atoms with van der Waals surface area (Å²) < 4.78 is 10.7. The molecule has 7 heteroatoms. The molecule has 1 N–H and O–H groups in total. The number of rotatable bonds is 8. The molecule has 0 aliphatic carbocycles. The Morgan fingerprint density at radius 1 is 0.848 bits per heavy atom. The van der Waals surface area contributed by atoms with Crippen LogP contribution in [-0.4, -0.2) is 37.5 Å². The molecule has 4 rings (SSSR count). The third kappa shape index (κ3) is 4.56. The number of benzene rings is 3. The van der Waals surface area contributed by atoms with Gasteiger partial charge in [-0.15, -0.1) is 0 Å². The van der Waals surface area contributed by atoms with Crippen LogP contribution in [0.1, 0.15) is 11.1 Å². The molecule has 1 aliphatic heterocycles. The van der Waals surface area contributed by atoms with E-state index in [9.17, 15) is 9.59 Å². The highest BCUT2D eigenvalue weighted by Crippen LogP contribution is 2.36. The quantitative estimate of drug-likeness (QED) is 0.487. The Morgan fingerprint density at radius 3 is 2.24 bits per heavy atom. The molecular weight excluding hydrogens is 440 g/mol. The monoisotopic (exact) mass is 462 g/mol. The molecule has 168 valence electrons. The number of carbonyl (C=O) groups excluding carboxylic acids is 2. The second-order valence-electron chi connectivity index (χ2n) is 7.42. The van der Waals surface area contributed by atoms with Gasteiger partial charge in [-0.3, -0.25) is 14.5 Å². The molecule has 0 fully saturated rings. The van der Waals surface area contributed by atoms with Gasteiger partial charge in [-0.1, -0.05) is 60.1 Å². The molecule has 0 saturated heterocycles. The van der Waals surface area contributed by atoms with Crippen LogP contribution in [0.15, 0.2) is 78.5 Å². The highest BCUT2D eigenvalue weighted by molar-refractivity contribution is 6.37. The van der Waals surface area contributed by atoms with Crippen LogP contribution in [0.25, 0.3) is 5.57 Å². The van der Waals surface area contributed by atoms with E-state index in [2.05, 4.69) is 5.32 Å². The van der Waals surface area contributed by atoms with Crippen molar-refractivity contribution in [1.29, 1.82) is 0 Å². The van der Waals surface area contributed by atoms with Gasteiger partial charge in [0, 0.05) is 17.8 Å². The fourth-order valence-electron chi connectivity index (χ4n) is 3.77. The van der Waals surface area contributed by atoms with Crippen molar-refractivity contribution < 1.29 is 19.1 Å². The Labute approximate surface area is 197 Å². The van der Waals surface area contributed by atoms with Gasteiger partial charge < -0.3 is 14.8 Å². The highest BCUT2D eigenvalue weighted by Gasteiger charge is 2.40. The SMILES string of the molecule is COc1ccc(NC2=C(c3ccccc3OC)C(=O)N(CCc3ccccc3)C2=O)cc1Cl. The molecule has 3 aromatic carbocycles. The van der Waals surface area contributed by atoms with Crippen LogP contribution in [0.2, 0.25) is 5.02 Å². The first kappa shape index (κ1) is 22.4. The van der Waals surface area contributed by atoms with Gasteiger partial charge in [-0.05, 0) is 36.2 Å². The number of imide groups is 1. The smallest absolute Gasteiger partial charge is 0.278 e. The maximum absolute atomic E-state index is 13.5. The van der Waals surface area contributed by atoms with Crippen molar-refractivity contribution in [2.75, 3.05) is 26.1 Å². The Kier molecular flexibility index (Phi) is 6.66. The first-order chi connectivity index (χ1) is 16.0. The van der Waals surface area contributed by atoms with Crippen LogP contribution in [0.4, 0.5) is 5.69 Å². The number of anilines is 1. The lowest BCUT2D eigenvalue weighted by atomic mass is 10.0. The number of hydrogen-bond donors (Lipinski definition) is 1. The van der Waals surface area contributed by atoms with Crippen LogP contribution in [0, 0.1) is 0 Å². The molecule has 1 heterocycles. The zero-order valence-electron chi connectivity index (χ0n) is 18.3. The second kappa shape index (κ2) is 9.79. The van der Waals surface area contributed by atoms with Crippen molar-refractivity contribution in [2.45, 2.75) is 6.42 Å². The van der Waals surface area contributed by atoms with E-state index >= 15 is 0 Å². The summed E-state index contributed by atoms with van der Waals surface area (Å²) in [5.74, 6) is 0.247. The average Bonchev–Trinajstić information content (AvgIpc) is 3.07. The lowest BCUT2D eigenvalue weighted by Crippen LogP contribution is -2.34. The number of halogens is 1. The lowest BCUT2D eigenvalue weighted by molar-refractivity contribution is -0.136. The molecule has 0 atom stereocenters. The zero-order valence-corrected chi connectivity index (χ0v) is 19.1. The molecule has 0 aromatic heterocycles. The number of amides is 2. The zero-order chi connectivity index (χ0) is 23.4. The van der Waals surface area contributed by atoms with E-state index in [0.717, 1.165) is 5.56 Å². The molecule has 6 nitrogen and oxygen atoms in total. The number of nitrogens with zero attached hydrogens (tertiary/aromatic N) is 1. The van der Waals surface area contributed by atoms with Gasteiger partial charge in [0.15, 0.2) is 0 Å². The average molecular weight is 463 g/mol. The summed E-state index contributed by atoms with van der Waals surface area (Å²) in [5.41, 5.74) is 2.59. The normalized spacial score (nSPS) is 13.5. The van der Waals surface area contributed by atoms with E-state index in [1.165, 1.54) is 19.1 Å². The maximum atomic E-state index is 13.5. The minimum Gasteiger partial charge on any atom is -0.496 e. The van der Waals surface area contributed by atoms with Gasteiger partial charge in [0.05, 0.1) is 24.8 Å². The van der Waals surface area contributed by atoms with Crippen molar-refractivity contribution in [2.24, 2.45) is 0 Å². The van der Waals surface area contributed by atoms with Gasteiger partial charge in [-0.2, -0.15) is 0 Å². The van der Waals surface area contributed by atoms with Crippen molar-refractivity contribution in [3.05, 3.63) is 94.6 Å². The molecule has 1 aliphatic rings. The molecular formula is C26H23ClN2O4. The predicted molar refractivity (Wildman–Crippen MR) is 128 cm³/mol. The topological polar surface area (TPSA) is 67.9 Å². The van der Waals surface area contributed by atoms with E-state index in [1.54, 1.807) is 36.4 Å². The van der Waals surface area contributed by atoms with Crippen LogP contribution in [-0.2, 0) is 16.0 Å². The van der Waals surface area contributed by atoms with Crippen molar-refractivity contribution in [3.8, 4) is 11.5 Å². The first-order valence-corrected chi connectivity index (χ1v) is 10.8. The van der Waals surface area contributed by atoms with Gasteiger partial charge in [0.1, 0.15) is 17.2 Å². The fourth-order valence-corrected chi connectivity index (χ4v) is 4.03. The lowest BCUT2D eigenvalue weighted by Gasteiger charge is -2.15. The molecule has 0 unspecified atom stereocenters. The van der Waals surface area contributed by atoms with Crippen molar-refractivity contribution in [1.82, 2.24) is 4.90 Å². The summed E-state index contributed by atoms with van der Waals surface area (Å²) >= 11 is 6.26.